The fourth-order valence-corrected chi connectivity index (χ4v) is 1.19. The van der Waals surface area contributed by atoms with Gasteiger partial charge in [0.1, 0.15) is 0 Å². The maximum absolute atomic E-state index is 10.5. The molecule has 3 nitrogen and oxygen atoms in total. The summed E-state index contributed by atoms with van der Waals surface area (Å²) in [5.41, 5.74) is 2.68. The molecule has 0 aliphatic rings. The van der Waals surface area contributed by atoms with Gasteiger partial charge in [0.15, 0.2) is 0 Å². The Morgan fingerprint density at radius 3 is 1.87 bits per heavy atom. The second kappa shape index (κ2) is 7.89. The van der Waals surface area contributed by atoms with Gasteiger partial charge in [-0.2, -0.15) is 0 Å². The van der Waals surface area contributed by atoms with E-state index in [2.05, 4.69) is 4.98 Å². The SMILES string of the molecule is Cc1nc([C-]=O)c(C)c(C)c1[C-]=O.[Y].[Y]. The number of hydrogen-bond acceptors (Lipinski definition) is 3. The number of pyridine rings is 1. The van der Waals surface area contributed by atoms with Crippen molar-refractivity contribution in [1.82, 2.24) is 4.98 Å². The van der Waals surface area contributed by atoms with Gasteiger partial charge in [0.05, 0.1) is 6.29 Å². The van der Waals surface area contributed by atoms with Crippen molar-refractivity contribution in [2.45, 2.75) is 20.8 Å². The molecule has 74 valence electrons. The number of rotatable bonds is 2. The second-order valence-corrected chi connectivity index (χ2v) is 2.87. The molecule has 5 heteroatoms. The molecule has 2 radical (unpaired) electrons. The van der Waals surface area contributed by atoms with Crippen LogP contribution in [0.3, 0.4) is 0 Å². The Morgan fingerprint density at radius 1 is 0.933 bits per heavy atom. The third-order valence-electron chi connectivity index (χ3n) is 2.13. The molecule has 0 amide bonds. The van der Waals surface area contributed by atoms with Crippen molar-refractivity contribution >= 4 is 12.6 Å². The monoisotopic (exact) mass is 353 g/mol. The van der Waals surface area contributed by atoms with Crippen molar-refractivity contribution in [3.8, 4) is 0 Å². The van der Waals surface area contributed by atoms with E-state index in [4.69, 9.17) is 0 Å². The van der Waals surface area contributed by atoms with Gasteiger partial charge in [-0.1, -0.05) is 18.3 Å². The number of hydrogen-bond donors (Lipinski definition) is 0. The topological polar surface area (TPSA) is 47.0 Å². The van der Waals surface area contributed by atoms with E-state index in [1.54, 1.807) is 27.1 Å². The Balaban J connectivity index is 0. The molecule has 0 aliphatic heterocycles. The van der Waals surface area contributed by atoms with Crippen molar-refractivity contribution in [2.75, 3.05) is 0 Å². The van der Waals surface area contributed by atoms with E-state index in [1.807, 2.05) is 6.29 Å². The Bertz CT molecular complexity index is 378. The molecule has 0 N–H and O–H groups in total. The van der Waals surface area contributed by atoms with Gasteiger partial charge in [0, 0.05) is 71.7 Å². The number of aromatic nitrogens is 1. The Kier molecular flexibility index (Phi) is 9.50. The predicted octanol–water partition coefficient (Wildman–Crippen LogP) is 0.917. The van der Waals surface area contributed by atoms with Crippen LogP contribution >= 0.6 is 0 Å². The zero-order chi connectivity index (χ0) is 10.0. The van der Waals surface area contributed by atoms with E-state index in [9.17, 15) is 9.59 Å². The largest absolute Gasteiger partial charge is 0.417 e. The van der Waals surface area contributed by atoms with Crippen LogP contribution in [0, 0.1) is 20.8 Å². The minimum Gasteiger partial charge on any atom is -0.417 e. The molecule has 1 rings (SSSR count). The minimum atomic E-state index is 0. The first-order valence-electron chi connectivity index (χ1n) is 3.86. The molecular weight excluding hydrogens is 344 g/mol. The van der Waals surface area contributed by atoms with Crippen molar-refractivity contribution in [3.63, 3.8) is 0 Å². The van der Waals surface area contributed by atoms with Crippen molar-refractivity contribution in [1.29, 1.82) is 0 Å². The maximum atomic E-state index is 10.5. The zero-order valence-corrected chi connectivity index (χ0v) is 14.6. The average Bonchev–Trinajstić information content (AvgIpc) is 2.12. The van der Waals surface area contributed by atoms with Gasteiger partial charge in [0.2, 0.25) is 0 Å². The van der Waals surface area contributed by atoms with E-state index in [0.717, 1.165) is 5.56 Å². The molecule has 0 fully saturated rings. The second-order valence-electron chi connectivity index (χ2n) is 2.87. The molecule has 0 aromatic carbocycles. The fourth-order valence-electron chi connectivity index (χ4n) is 1.19. The third kappa shape index (κ3) is 3.89. The van der Waals surface area contributed by atoms with Crippen molar-refractivity contribution < 1.29 is 75.0 Å². The summed E-state index contributed by atoms with van der Waals surface area (Å²) in [6.45, 7) is 5.18. The summed E-state index contributed by atoms with van der Waals surface area (Å²) in [4.78, 5) is 24.9. The first-order chi connectivity index (χ1) is 6.11. The molecule has 0 aliphatic carbocycles. The number of aryl methyl sites for hydroxylation is 1. The van der Waals surface area contributed by atoms with Crippen LogP contribution in [0.15, 0.2) is 0 Å². The smallest absolute Gasteiger partial charge is 0.0632 e. The summed E-state index contributed by atoms with van der Waals surface area (Å²) in [5.74, 6) is 0. The van der Waals surface area contributed by atoms with Gasteiger partial charge in [-0.15, -0.1) is 19.4 Å². The predicted molar refractivity (Wildman–Crippen MR) is 48.0 cm³/mol. The summed E-state index contributed by atoms with van der Waals surface area (Å²) in [5, 5.41) is 0. The summed E-state index contributed by atoms with van der Waals surface area (Å²) < 4.78 is 0. The summed E-state index contributed by atoms with van der Waals surface area (Å²) in [6.07, 6.45) is 3.55. The molecule has 1 heterocycles. The van der Waals surface area contributed by atoms with E-state index in [-0.39, 0.29) is 71.1 Å². The van der Waals surface area contributed by atoms with Gasteiger partial charge in [-0.25, -0.2) is 11.1 Å². The fraction of sp³-hybridized carbons (Fsp3) is 0.300. The van der Waals surface area contributed by atoms with Crippen LogP contribution in [0.5, 0.6) is 0 Å². The van der Waals surface area contributed by atoms with Crippen molar-refractivity contribution in [2.24, 2.45) is 0 Å². The number of nitrogens with zero attached hydrogens (tertiary/aromatic N) is 1. The van der Waals surface area contributed by atoms with Crippen LogP contribution in [0.25, 0.3) is 0 Å². The van der Waals surface area contributed by atoms with Crippen LogP contribution in [0.4, 0.5) is 0 Å². The van der Waals surface area contributed by atoms with Crippen LogP contribution in [-0.2, 0) is 75.0 Å². The van der Waals surface area contributed by atoms with Gasteiger partial charge >= 0.3 is 0 Å². The Labute approximate surface area is 140 Å². The van der Waals surface area contributed by atoms with E-state index in [1.165, 1.54) is 0 Å². The summed E-state index contributed by atoms with van der Waals surface area (Å²) in [7, 11) is 0. The summed E-state index contributed by atoms with van der Waals surface area (Å²) in [6, 6.07) is 0. The van der Waals surface area contributed by atoms with Crippen LogP contribution in [-0.4, -0.2) is 17.6 Å². The molecular formula is C10H9NO2Y2-2. The molecule has 15 heavy (non-hydrogen) atoms. The molecule has 0 bridgehead atoms. The Morgan fingerprint density at radius 2 is 1.47 bits per heavy atom. The minimum absolute atomic E-state index is 0. The zero-order valence-electron chi connectivity index (χ0n) is 8.92. The van der Waals surface area contributed by atoms with E-state index in [0.29, 0.717) is 16.8 Å². The molecule has 0 saturated carbocycles. The molecule has 0 saturated heterocycles. The molecule has 1 aromatic rings. The normalized spacial score (nSPS) is 8.47. The molecule has 0 unspecified atom stereocenters. The van der Waals surface area contributed by atoms with Gasteiger partial charge < -0.3 is 14.6 Å². The van der Waals surface area contributed by atoms with E-state index >= 15 is 0 Å². The quantitative estimate of drug-likeness (QED) is 0.743. The first-order valence-corrected chi connectivity index (χ1v) is 3.86. The molecule has 0 spiro atoms. The van der Waals surface area contributed by atoms with E-state index < -0.39 is 0 Å². The van der Waals surface area contributed by atoms with Gasteiger partial charge in [-0.3, -0.25) is 0 Å². The molecule has 0 atom stereocenters. The third-order valence-corrected chi connectivity index (χ3v) is 2.13. The maximum Gasteiger partial charge on any atom is 0.0632 e. The average molecular weight is 353 g/mol. The Hall–Kier alpha value is 0.698. The molecule has 1 aromatic heterocycles. The van der Waals surface area contributed by atoms with Crippen LogP contribution < -0.4 is 0 Å². The first kappa shape index (κ1) is 18.1. The standard InChI is InChI=1S/C10H9NO2.2Y/c1-6-7(2)10(5-13)11-8(3)9(6)4-12;;/h1-3H3;;/q-2;;. The van der Waals surface area contributed by atoms with Crippen molar-refractivity contribution in [3.05, 3.63) is 28.1 Å². The van der Waals surface area contributed by atoms with Gasteiger partial charge in [0.25, 0.3) is 0 Å². The van der Waals surface area contributed by atoms with Crippen LogP contribution in [0.2, 0.25) is 0 Å². The summed E-state index contributed by atoms with van der Waals surface area (Å²) >= 11 is 0. The van der Waals surface area contributed by atoms with Gasteiger partial charge in [-0.05, 0) is 0 Å². The number of carbonyl (C=O) groups excluding carboxylic acids is 2. The van der Waals surface area contributed by atoms with Crippen LogP contribution in [0.1, 0.15) is 28.1 Å².